The van der Waals surface area contributed by atoms with Crippen molar-refractivity contribution in [3.05, 3.63) is 0 Å². The lowest BCUT2D eigenvalue weighted by Gasteiger charge is -2.48. The average molecular weight is 157 g/mol. The first-order valence-electron chi connectivity index (χ1n) is 4.33. The van der Waals surface area contributed by atoms with Crippen LogP contribution in [0.3, 0.4) is 0 Å². The number of β-amino-alcohol motifs (C(OH)–C–C–N with tert-alkyl or cyclic N) is 1. The van der Waals surface area contributed by atoms with Crippen molar-refractivity contribution in [3.8, 4) is 0 Å². The molecule has 11 heavy (non-hydrogen) atoms. The summed E-state index contributed by atoms with van der Waals surface area (Å²) in [7, 11) is 0. The highest BCUT2D eigenvalue weighted by molar-refractivity contribution is 5.02. The van der Waals surface area contributed by atoms with Gasteiger partial charge in [0.25, 0.3) is 0 Å². The van der Waals surface area contributed by atoms with Crippen molar-refractivity contribution in [2.45, 2.75) is 43.4 Å². The van der Waals surface area contributed by atoms with Gasteiger partial charge in [0.2, 0.25) is 0 Å². The van der Waals surface area contributed by atoms with Gasteiger partial charge in [0.1, 0.15) is 0 Å². The van der Waals surface area contributed by atoms with Crippen LogP contribution in [0.5, 0.6) is 0 Å². The van der Waals surface area contributed by atoms with Crippen LogP contribution < -0.4 is 5.32 Å². The van der Waals surface area contributed by atoms with Gasteiger partial charge in [0, 0.05) is 12.1 Å². The molecule has 0 aromatic carbocycles. The van der Waals surface area contributed by atoms with Crippen LogP contribution in [0.4, 0.5) is 0 Å². The maximum absolute atomic E-state index is 9.39. The molecule has 2 fully saturated rings. The van der Waals surface area contributed by atoms with Crippen molar-refractivity contribution in [1.82, 2.24) is 5.32 Å². The van der Waals surface area contributed by atoms with E-state index in [2.05, 4.69) is 5.32 Å². The summed E-state index contributed by atoms with van der Waals surface area (Å²) in [4.78, 5) is 0. The first kappa shape index (κ1) is 7.53. The molecule has 3 N–H and O–H groups in total. The summed E-state index contributed by atoms with van der Waals surface area (Å²) in [6.45, 7) is 0.557. The highest BCUT2D eigenvalue weighted by atomic mass is 16.3. The van der Waals surface area contributed by atoms with Crippen molar-refractivity contribution in [1.29, 1.82) is 0 Å². The molecule has 0 aromatic heterocycles. The number of hydrogen-bond acceptors (Lipinski definition) is 3. The number of piperidine rings is 1. The Hall–Kier alpha value is -0.120. The van der Waals surface area contributed by atoms with Gasteiger partial charge in [-0.05, 0) is 25.7 Å². The van der Waals surface area contributed by atoms with Crippen LogP contribution >= 0.6 is 0 Å². The minimum atomic E-state index is -0.554. The predicted molar refractivity (Wildman–Crippen MR) is 41.2 cm³/mol. The van der Waals surface area contributed by atoms with Crippen molar-refractivity contribution in [3.63, 3.8) is 0 Å². The van der Waals surface area contributed by atoms with E-state index < -0.39 is 12.2 Å². The second-order valence-corrected chi connectivity index (χ2v) is 3.85. The molecule has 1 heterocycles. The van der Waals surface area contributed by atoms with E-state index in [0.29, 0.717) is 6.54 Å². The summed E-state index contributed by atoms with van der Waals surface area (Å²) < 4.78 is 0. The Morgan fingerprint density at radius 3 is 2.36 bits per heavy atom. The van der Waals surface area contributed by atoms with Gasteiger partial charge in [-0.25, -0.2) is 0 Å². The van der Waals surface area contributed by atoms with Crippen LogP contribution in [0, 0.1) is 0 Å². The van der Waals surface area contributed by atoms with Crippen LogP contribution in [0.15, 0.2) is 0 Å². The zero-order valence-corrected chi connectivity index (χ0v) is 6.58. The monoisotopic (exact) mass is 157 g/mol. The molecule has 2 atom stereocenters. The van der Waals surface area contributed by atoms with E-state index in [1.807, 2.05) is 0 Å². The summed E-state index contributed by atoms with van der Waals surface area (Å²) in [5.74, 6) is 0. The minimum absolute atomic E-state index is 0.193. The average Bonchev–Trinajstić information content (AvgIpc) is 1.92. The first-order valence-corrected chi connectivity index (χ1v) is 4.33. The molecule has 0 bridgehead atoms. The maximum atomic E-state index is 9.39. The Morgan fingerprint density at radius 1 is 1.18 bits per heavy atom. The van der Waals surface area contributed by atoms with E-state index in [1.54, 1.807) is 0 Å². The Balaban J connectivity index is 1.97. The van der Waals surface area contributed by atoms with Gasteiger partial charge in [-0.2, -0.15) is 0 Å². The van der Waals surface area contributed by atoms with E-state index in [0.717, 1.165) is 19.3 Å². The predicted octanol–water partition coefficient (Wildman–Crippen LogP) is -0.376. The zero-order chi connectivity index (χ0) is 7.90. The van der Waals surface area contributed by atoms with Gasteiger partial charge in [-0.1, -0.05) is 0 Å². The lowest BCUT2D eigenvalue weighted by atomic mass is 9.70. The molecule has 0 aromatic rings. The summed E-state index contributed by atoms with van der Waals surface area (Å²) in [5.41, 5.74) is 0.193. The van der Waals surface area contributed by atoms with E-state index in [-0.39, 0.29) is 5.54 Å². The fourth-order valence-corrected chi connectivity index (χ4v) is 2.05. The SMILES string of the molecule is O[C@@H]1CNC2(CCC2)C[C@@H]1O. The largest absolute Gasteiger partial charge is 0.390 e. The quantitative estimate of drug-likeness (QED) is 0.449. The maximum Gasteiger partial charge on any atom is 0.0923 e. The number of hydrogen-bond donors (Lipinski definition) is 3. The first-order chi connectivity index (χ1) is 5.22. The van der Waals surface area contributed by atoms with Gasteiger partial charge in [0.05, 0.1) is 12.2 Å². The van der Waals surface area contributed by atoms with Gasteiger partial charge >= 0.3 is 0 Å². The van der Waals surface area contributed by atoms with E-state index in [9.17, 15) is 10.2 Å². The molecule has 64 valence electrons. The molecule has 1 aliphatic carbocycles. The molecule has 1 aliphatic heterocycles. The van der Waals surface area contributed by atoms with Crippen LogP contribution in [0.1, 0.15) is 25.7 Å². The third-order valence-electron chi connectivity index (χ3n) is 3.04. The van der Waals surface area contributed by atoms with Gasteiger partial charge in [-0.15, -0.1) is 0 Å². The molecule has 2 aliphatic rings. The Labute approximate surface area is 66.4 Å². The number of aliphatic hydroxyl groups is 2. The molecular weight excluding hydrogens is 142 g/mol. The second-order valence-electron chi connectivity index (χ2n) is 3.85. The van der Waals surface area contributed by atoms with Gasteiger partial charge in [-0.3, -0.25) is 0 Å². The molecule has 2 rings (SSSR count). The molecule has 3 heteroatoms. The van der Waals surface area contributed by atoms with Crippen molar-refractivity contribution in [2.75, 3.05) is 6.54 Å². The molecule has 1 saturated heterocycles. The molecule has 0 amide bonds. The Kier molecular flexibility index (Phi) is 1.67. The smallest absolute Gasteiger partial charge is 0.0923 e. The fraction of sp³-hybridized carbons (Fsp3) is 1.00. The van der Waals surface area contributed by atoms with Crippen molar-refractivity contribution >= 4 is 0 Å². The molecule has 3 nitrogen and oxygen atoms in total. The molecule has 0 radical (unpaired) electrons. The van der Waals surface area contributed by atoms with Crippen molar-refractivity contribution < 1.29 is 10.2 Å². The molecule has 1 spiro atoms. The van der Waals surface area contributed by atoms with Crippen LogP contribution in [0.25, 0.3) is 0 Å². The van der Waals surface area contributed by atoms with E-state index in [4.69, 9.17) is 0 Å². The van der Waals surface area contributed by atoms with E-state index >= 15 is 0 Å². The van der Waals surface area contributed by atoms with Crippen molar-refractivity contribution in [2.24, 2.45) is 0 Å². The number of aliphatic hydroxyl groups excluding tert-OH is 2. The topological polar surface area (TPSA) is 52.5 Å². The standard InChI is InChI=1S/C8H15NO2/c10-6-4-8(2-1-3-8)9-5-7(6)11/h6-7,9-11H,1-5H2/t6-,7+/m0/s1. The van der Waals surface area contributed by atoms with Gasteiger partial charge < -0.3 is 15.5 Å². The fourth-order valence-electron chi connectivity index (χ4n) is 2.05. The molecule has 0 unspecified atom stereocenters. The molecular formula is C8H15NO2. The van der Waals surface area contributed by atoms with Gasteiger partial charge in [0.15, 0.2) is 0 Å². The minimum Gasteiger partial charge on any atom is -0.390 e. The second kappa shape index (κ2) is 2.44. The lowest BCUT2D eigenvalue weighted by Crippen LogP contribution is -2.61. The number of nitrogens with one attached hydrogen (secondary N) is 1. The van der Waals surface area contributed by atoms with Crippen LogP contribution in [-0.2, 0) is 0 Å². The normalized spacial score (nSPS) is 42.0. The molecule has 1 saturated carbocycles. The summed E-state index contributed by atoms with van der Waals surface area (Å²) >= 11 is 0. The van der Waals surface area contributed by atoms with E-state index in [1.165, 1.54) is 6.42 Å². The third kappa shape index (κ3) is 1.17. The van der Waals surface area contributed by atoms with Crippen LogP contribution in [-0.4, -0.2) is 34.5 Å². The van der Waals surface area contributed by atoms with Crippen LogP contribution in [0.2, 0.25) is 0 Å². The zero-order valence-electron chi connectivity index (χ0n) is 6.58. The highest BCUT2D eigenvalue weighted by Crippen LogP contribution is 2.38. The Morgan fingerprint density at radius 2 is 1.91 bits per heavy atom. The lowest BCUT2D eigenvalue weighted by molar-refractivity contribution is -0.0514. The third-order valence-corrected chi connectivity index (χ3v) is 3.04. The number of rotatable bonds is 0. The summed E-state index contributed by atoms with van der Waals surface area (Å²) in [6, 6.07) is 0. The summed E-state index contributed by atoms with van der Waals surface area (Å²) in [5, 5.41) is 21.9. The highest BCUT2D eigenvalue weighted by Gasteiger charge is 2.43. The Bertz CT molecular complexity index is 156. The summed E-state index contributed by atoms with van der Waals surface area (Å²) in [6.07, 6.45) is 3.26.